The van der Waals surface area contributed by atoms with Crippen LogP contribution in [0.4, 0.5) is 0 Å². The van der Waals surface area contributed by atoms with Crippen LogP contribution < -0.4 is 10.6 Å². The highest BCUT2D eigenvalue weighted by Crippen LogP contribution is 2.20. The molecule has 2 amide bonds. The molecule has 2 rings (SSSR count). The fourth-order valence-corrected chi connectivity index (χ4v) is 3.21. The van der Waals surface area contributed by atoms with Crippen molar-refractivity contribution in [3.63, 3.8) is 0 Å². The Kier molecular flexibility index (Phi) is 9.96. The zero-order valence-corrected chi connectivity index (χ0v) is 21.0. The highest BCUT2D eigenvalue weighted by molar-refractivity contribution is 6.35. The van der Waals surface area contributed by atoms with Gasteiger partial charge in [-0.2, -0.15) is 0 Å². The predicted molar refractivity (Wildman–Crippen MR) is 134 cm³/mol. The Morgan fingerprint density at radius 1 is 0.656 bits per heavy atom. The Morgan fingerprint density at radius 2 is 0.906 bits per heavy atom. The maximum Gasteiger partial charge on any atom is 0.252 e. The lowest BCUT2D eigenvalue weighted by Gasteiger charge is -2.19. The van der Waals surface area contributed by atoms with Crippen molar-refractivity contribution in [2.24, 2.45) is 0 Å². The van der Waals surface area contributed by atoms with Gasteiger partial charge in [0.2, 0.25) is 0 Å². The summed E-state index contributed by atoms with van der Waals surface area (Å²) in [5.74, 6) is 4.35. The summed E-state index contributed by atoms with van der Waals surface area (Å²) >= 11 is 23.2. The summed E-state index contributed by atoms with van der Waals surface area (Å²) in [4.78, 5) is 23.6. The number of carbonyl (C=O) groups is 2. The molecule has 32 heavy (non-hydrogen) atoms. The monoisotopic (exact) mass is 510 g/mol. The van der Waals surface area contributed by atoms with Gasteiger partial charge in [0.15, 0.2) is 0 Å². The molecular weight excluding hydrogens is 490 g/mol. The van der Waals surface area contributed by atoms with E-state index in [4.69, 9.17) is 59.3 Å². The number of nitrogens with one attached hydrogen (secondary N) is 2. The van der Waals surface area contributed by atoms with Gasteiger partial charge in [0, 0.05) is 31.2 Å². The average molecular weight is 512 g/mol. The molecule has 0 radical (unpaired) electrons. The van der Waals surface area contributed by atoms with E-state index in [2.05, 4.69) is 22.5 Å². The van der Waals surface area contributed by atoms with Gasteiger partial charge < -0.3 is 10.6 Å². The lowest BCUT2D eigenvalue weighted by Crippen LogP contribution is -2.42. The summed E-state index contributed by atoms with van der Waals surface area (Å²) in [5.41, 5.74) is -0.626. The van der Waals surface area contributed by atoms with Crippen molar-refractivity contribution in [1.82, 2.24) is 10.6 Å². The van der Waals surface area contributed by atoms with Crippen molar-refractivity contribution in [2.45, 2.75) is 38.8 Å². The summed E-state index contributed by atoms with van der Waals surface area (Å²) in [6.45, 7) is 6.93. The summed E-state index contributed by atoms with van der Waals surface area (Å²) in [6.07, 6.45) is 10.6. The van der Waals surface area contributed by atoms with Gasteiger partial charge in [-0.05, 0) is 64.1 Å². The standard InChI is InChI=1S/2C12H11Cl2NO/c2*1-4-12(2,3)15-11(16)8-5-9(13)7-10(14)6-8/h2*1,5-7H,2-3H3,(H,15,16). The molecule has 0 saturated carbocycles. The van der Waals surface area contributed by atoms with Crippen molar-refractivity contribution >= 4 is 58.2 Å². The van der Waals surface area contributed by atoms with Crippen molar-refractivity contribution in [1.29, 1.82) is 0 Å². The van der Waals surface area contributed by atoms with Crippen LogP contribution in [0.5, 0.6) is 0 Å². The molecule has 0 saturated heterocycles. The van der Waals surface area contributed by atoms with E-state index in [1.165, 1.54) is 24.3 Å². The van der Waals surface area contributed by atoms with E-state index in [0.717, 1.165) is 0 Å². The third-order valence-electron chi connectivity index (χ3n) is 3.82. The number of carbonyl (C=O) groups excluding carboxylic acids is 2. The highest BCUT2D eigenvalue weighted by atomic mass is 35.5. The van der Waals surface area contributed by atoms with Crippen molar-refractivity contribution in [3.05, 3.63) is 67.6 Å². The van der Waals surface area contributed by atoms with Crippen LogP contribution in [0.2, 0.25) is 20.1 Å². The molecule has 0 aliphatic heterocycles. The number of hydrogen-bond donors (Lipinski definition) is 2. The second kappa shape index (κ2) is 11.5. The van der Waals surface area contributed by atoms with Gasteiger partial charge in [0.05, 0.1) is 11.1 Å². The molecule has 0 atom stereocenters. The van der Waals surface area contributed by atoms with Crippen molar-refractivity contribution < 1.29 is 9.59 Å². The maximum absolute atomic E-state index is 11.8. The van der Waals surface area contributed by atoms with Crippen molar-refractivity contribution in [2.75, 3.05) is 0 Å². The fraction of sp³-hybridized carbons (Fsp3) is 0.250. The van der Waals surface area contributed by atoms with Crippen LogP contribution in [-0.4, -0.2) is 22.9 Å². The van der Waals surface area contributed by atoms with E-state index in [1.54, 1.807) is 39.8 Å². The SMILES string of the molecule is C#CC(C)(C)NC(=O)c1cc(Cl)cc(Cl)c1.C#CC(C)(C)NC(=O)c1cc(Cl)cc(Cl)c1. The fourth-order valence-electron chi connectivity index (χ4n) is 2.15. The Hall–Kier alpha value is -2.34. The molecule has 0 heterocycles. The molecule has 168 valence electrons. The molecular formula is C24H22Cl4N2O2. The molecule has 4 nitrogen and oxygen atoms in total. The van der Waals surface area contributed by atoms with Gasteiger partial charge in [-0.3, -0.25) is 9.59 Å². The van der Waals surface area contributed by atoms with Gasteiger partial charge >= 0.3 is 0 Å². The van der Waals surface area contributed by atoms with Gasteiger partial charge in [0.1, 0.15) is 0 Å². The minimum absolute atomic E-state index is 0.299. The van der Waals surface area contributed by atoms with Crippen LogP contribution in [0, 0.1) is 24.7 Å². The van der Waals surface area contributed by atoms with E-state index >= 15 is 0 Å². The van der Waals surface area contributed by atoms with E-state index in [9.17, 15) is 9.59 Å². The quantitative estimate of drug-likeness (QED) is 0.475. The third-order valence-corrected chi connectivity index (χ3v) is 4.70. The van der Waals surface area contributed by atoms with Gasteiger partial charge in [-0.1, -0.05) is 58.2 Å². The van der Waals surface area contributed by atoms with E-state index in [0.29, 0.717) is 31.2 Å². The normalized spacial score (nSPS) is 10.7. The molecule has 2 aromatic rings. The number of halogens is 4. The first-order valence-corrected chi connectivity index (χ1v) is 10.7. The molecule has 2 N–H and O–H groups in total. The van der Waals surface area contributed by atoms with Crippen LogP contribution >= 0.6 is 46.4 Å². The van der Waals surface area contributed by atoms with Crippen LogP contribution in [0.3, 0.4) is 0 Å². The summed E-state index contributed by atoms with van der Waals surface area (Å²) in [5, 5.41) is 7.02. The molecule has 0 aliphatic carbocycles. The number of terminal acetylenes is 2. The largest absolute Gasteiger partial charge is 0.336 e. The summed E-state index contributed by atoms with van der Waals surface area (Å²) in [7, 11) is 0. The third kappa shape index (κ3) is 9.43. The Labute approximate surface area is 209 Å². The zero-order chi connectivity index (χ0) is 24.7. The smallest absolute Gasteiger partial charge is 0.252 e. The van der Waals surface area contributed by atoms with Crippen LogP contribution in [-0.2, 0) is 0 Å². The zero-order valence-electron chi connectivity index (χ0n) is 17.9. The first-order chi connectivity index (χ1) is 14.7. The first kappa shape index (κ1) is 27.7. The molecule has 0 fully saturated rings. The summed E-state index contributed by atoms with van der Waals surface area (Å²) in [6, 6.07) is 9.27. The first-order valence-electron chi connectivity index (χ1n) is 9.21. The lowest BCUT2D eigenvalue weighted by molar-refractivity contribution is 0.0921. The van der Waals surface area contributed by atoms with Crippen LogP contribution in [0.25, 0.3) is 0 Å². The van der Waals surface area contributed by atoms with E-state index < -0.39 is 11.1 Å². The Balaban J connectivity index is 0.000000320. The minimum Gasteiger partial charge on any atom is -0.336 e. The second-order valence-corrected chi connectivity index (χ2v) is 9.51. The molecule has 0 unspecified atom stereocenters. The number of amides is 2. The van der Waals surface area contributed by atoms with Crippen molar-refractivity contribution in [3.8, 4) is 24.7 Å². The molecule has 0 spiro atoms. The highest BCUT2D eigenvalue weighted by Gasteiger charge is 2.19. The summed E-state index contributed by atoms with van der Waals surface area (Å²) < 4.78 is 0. The Bertz CT molecular complexity index is 968. The molecule has 0 bridgehead atoms. The van der Waals surface area contributed by atoms with Crippen LogP contribution in [0.1, 0.15) is 48.4 Å². The molecule has 0 aromatic heterocycles. The number of benzene rings is 2. The lowest BCUT2D eigenvalue weighted by atomic mass is 10.1. The molecule has 0 aliphatic rings. The van der Waals surface area contributed by atoms with Gasteiger partial charge in [-0.15, -0.1) is 12.8 Å². The van der Waals surface area contributed by atoms with Crippen LogP contribution in [0.15, 0.2) is 36.4 Å². The average Bonchev–Trinajstić information content (AvgIpc) is 2.66. The number of hydrogen-bond acceptors (Lipinski definition) is 2. The van der Waals surface area contributed by atoms with E-state index in [1.807, 2.05) is 0 Å². The number of rotatable bonds is 4. The maximum atomic E-state index is 11.8. The van der Waals surface area contributed by atoms with Gasteiger partial charge in [0.25, 0.3) is 11.8 Å². The minimum atomic E-state index is -0.703. The molecule has 8 heteroatoms. The topological polar surface area (TPSA) is 58.2 Å². The Morgan fingerprint density at radius 3 is 1.12 bits per heavy atom. The van der Waals surface area contributed by atoms with E-state index in [-0.39, 0.29) is 11.8 Å². The predicted octanol–water partition coefficient (Wildman–Crippen LogP) is 6.27. The van der Waals surface area contributed by atoms with Gasteiger partial charge in [-0.25, -0.2) is 0 Å². The second-order valence-electron chi connectivity index (χ2n) is 7.76. The molecule has 2 aromatic carbocycles.